The molecule has 0 aromatic heterocycles. The topological polar surface area (TPSA) is 0 Å². The van der Waals surface area contributed by atoms with E-state index in [2.05, 4.69) is 0 Å². The van der Waals surface area contributed by atoms with E-state index in [1.54, 1.807) is 0 Å². The van der Waals surface area contributed by atoms with Crippen LogP contribution in [0.5, 0.6) is 0 Å². The average Bonchev–Trinajstić information content (AvgIpc) is 0. The van der Waals surface area contributed by atoms with E-state index >= 15 is 0 Å². The molecule has 21 valence electrons. The molecule has 5 heteroatoms. The van der Waals surface area contributed by atoms with Gasteiger partial charge in [-0.1, -0.05) is 0 Å². The molecule has 0 atom stereocenters. The van der Waals surface area contributed by atoms with Crippen LogP contribution in [0, 0.1) is 0 Å². The van der Waals surface area contributed by atoms with Crippen molar-refractivity contribution in [2.24, 2.45) is 0 Å². The van der Waals surface area contributed by atoms with Gasteiger partial charge in [-0.15, -0.1) is 0 Å². The van der Waals surface area contributed by atoms with E-state index < -0.39 is 0 Å². The molecule has 0 unspecified atom stereocenters. The third kappa shape index (κ3) is 17.9. The molecule has 0 N–H and O–H groups in total. The first kappa shape index (κ1) is 35.1. The van der Waals surface area contributed by atoms with Crippen molar-refractivity contribution in [3.63, 3.8) is 0 Å². The minimum Gasteiger partial charge on any atom is 0 e. The molecule has 0 bridgehead atoms. The fraction of sp³-hybridized carbons (Fsp3) is 0. The second-order valence-electron chi connectivity index (χ2n) is 0. The Morgan fingerprint density at radius 1 is 0.400 bits per heavy atom. The van der Waals surface area contributed by atoms with Gasteiger partial charge in [0.25, 0.3) is 0 Å². The van der Waals surface area contributed by atoms with E-state index in [1.165, 1.54) is 0 Å². The fourth-order valence-electron chi connectivity index (χ4n) is 0. The smallest absolute Gasteiger partial charge is 0 e. The minimum atomic E-state index is 0. The number of hydrogen-bond acceptors (Lipinski definition) is 0. The Morgan fingerprint density at radius 3 is 0.400 bits per heavy atom. The Bertz CT molecular complexity index is 4.85. The van der Waals surface area contributed by atoms with Gasteiger partial charge in [0.1, 0.15) is 0 Å². The molecule has 0 aliphatic carbocycles. The van der Waals surface area contributed by atoms with Crippen LogP contribution >= 0.6 is 0 Å². The van der Waals surface area contributed by atoms with E-state index in [4.69, 9.17) is 0 Å². The maximum atomic E-state index is 0. The van der Waals surface area contributed by atoms with Gasteiger partial charge in [0, 0.05) is 125 Å². The van der Waals surface area contributed by atoms with Crippen molar-refractivity contribution in [1.82, 2.24) is 0 Å². The first-order valence-corrected chi connectivity index (χ1v) is 0. The van der Waals surface area contributed by atoms with Crippen molar-refractivity contribution in [3.8, 4) is 0 Å². The van der Waals surface area contributed by atoms with Crippen LogP contribution in [0.4, 0.5) is 0 Å². The van der Waals surface area contributed by atoms with E-state index in [-0.39, 0.29) is 125 Å². The third-order valence-electron chi connectivity index (χ3n) is 0. The van der Waals surface area contributed by atoms with Gasteiger partial charge in [-0.3, -0.25) is 0 Å². The maximum Gasteiger partial charge on any atom is 0 e. The summed E-state index contributed by atoms with van der Waals surface area (Å²) in [5.41, 5.74) is 0. The van der Waals surface area contributed by atoms with Crippen LogP contribution in [0.25, 0.3) is 0 Å². The summed E-state index contributed by atoms with van der Waals surface area (Å²) >= 11 is 0. The Morgan fingerprint density at radius 2 is 0.400 bits per heavy atom. The summed E-state index contributed by atoms with van der Waals surface area (Å²) in [6, 6.07) is 0. The third-order valence-corrected chi connectivity index (χ3v) is 0. The molecule has 0 aromatic carbocycles. The first-order valence-electron chi connectivity index (χ1n) is 0. The number of rotatable bonds is 0. The molecule has 0 amide bonds. The van der Waals surface area contributed by atoms with E-state index in [9.17, 15) is 0 Å². The van der Waals surface area contributed by atoms with Crippen molar-refractivity contribution in [3.05, 3.63) is 0 Å². The van der Waals surface area contributed by atoms with E-state index in [1.807, 2.05) is 0 Å². The zero-order valence-electron chi connectivity index (χ0n) is 2.50. The van der Waals surface area contributed by atoms with E-state index in [0.29, 0.717) is 0 Å². The van der Waals surface area contributed by atoms with Crippen LogP contribution in [0.3, 0.4) is 0 Å². The quantitative estimate of drug-likeness (QED) is 0.288. The monoisotopic (exact) mass is 593 g/mol. The van der Waals surface area contributed by atoms with Gasteiger partial charge in [0.15, 0.2) is 0 Å². The molecule has 0 spiro atoms. The summed E-state index contributed by atoms with van der Waals surface area (Å²) in [6.45, 7) is 0. The van der Waals surface area contributed by atoms with Gasteiger partial charge in [-0.05, 0) is 0 Å². The van der Waals surface area contributed by atoms with Gasteiger partial charge < -0.3 is 0 Å². The molecular formula is In2Sb3. The normalized spacial score (nSPS) is 0. The second kappa shape index (κ2) is 24.1. The van der Waals surface area contributed by atoms with Crippen LogP contribution in [-0.2, 0) is 0 Å². The largest absolute Gasteiger partial charge is 0 e. The van der Waals surface area contributed by atoms with Crippen molar-refractivity contribution in [1.29, 1.82) is 0 Å². The predicted octanol–water partition coefficient (Wildman–Crippen LogP) is -1.90. The maximum absolute atomic E-state index is 0. The van der Waals surface area contributed by atoms with Crippen LogP contribution in [0.1, 0.15) is 0 Å². The van der Waals surface area contributed by atoms with Gasteiger partial charge in [0.2, 0.25) is 0 Å². The van der Waals surface area contributed by atoms with Crippen LogP contribution in [0.2, 0.25) is 0 Å². The molecule has 0 nitrogen and oxygen atoms in total. The summed E-state index contributed by atoms with van der Waals surface area (Å²) in [5.74, 6) is 0. The Hall–Kier alpha value is 4.19. The molecule has 0 fully saturated rings. The van der Waals surface area contributed by atoms with Crippen LogP contribution in [-0.4, -0.2) is 125 Å². The molecule has 0 aliphatic heterocycles. The molecule has 0 saturated heterocycles. The van der Waals surface area contributed by atoms with Crippen molar-refractivity contribution >= 4 is 125 Å². The SMILES string of the molecule is [In].[In].[Sb].[Sb].[Sb]. The number of hydrogen-bond donors (Lipinski definition) is 0. The fourth-order valence-corrected chi connectivity index (χ4v) is 0. The van der Waals surface area contributed by atoms with Gasteiger partial charge in [-0.2, -0.15) is 0 Å². The van der Waals surface area contributed by atoms with Crippen molar-refractivity contribution in [2.45, 2.75) is 0 Å². The molecule has 15 radical (unpaired) electrons. The van der Waals surface area contributed by atoms with Crippen LogP contribution in [0.15, 0.2) is 0 Å². The Kier molecular flexibility index (Phi) is 169. The molecule has 0 saturated carbocycles. The Labute approximate surface area is 122 Å². The van der Waals surface area contributed by atoms with Crippen molar-refractivity contribution < 1.29 is 0 Å². The summed E-state index contributed by atoms with van der Waals surface area (Å²) in [7, 11) is 0. The minimum absolute atomic E-state index is 0. The van der Waals surface area contributed by atoms with Crippen LogP contribution < -0.4 is 0 Å². The Balaban J connectivity index is 0. The standard InChI is InChI=1S/2In.3Sb. The zero-order valence-corrected chi connectivity index (χ0v) is 16.7. The summed E-state index contributed by atoms with van der Waals surface area (Å²) < 4.78 is 0. The molecule has 0 aromatic rings. The second-order valence-corrected chi connectivity index (χ2v) is 0. The zero-order chi connectivity index (χ0) is 0. The molecule has 0 heterocycles. The molecule has 5 heavy (non-hydrogen) atoms. The van der Waals surface area contributed by atoms with Gasteiger partial charge >= 0.3 is 0 Å². The average molecular weight is 595 g/mol. The molecule has 0 rings (SSSR count). The first-order chi connectivity index (χ1) is 0. The van der Waals surface area contributed by atoms with E-state index in [0.717, 1.165) is 0 Å². The van der Waals surface area contributed by atoms with Crippen molar-refractivity contribution in [2.75, 3.05) is 0 Å². The summed E-state index contributed by atoms with van der Waals surface area (Å²) in [6.07, 6.45) is 0. The molecule has 0 aliphatic rings. The van der Waals surface area contributed by atoms with Gasteiger partial charge in [-0.25, -0.2) is 0 Å². The summed E-state index contributed by atoms with van der Waals surface area (Å²) in [4.78, 5) is 0. The summed E-state index contributed by atoms with van der Waals surface area (Å²) in [5, 5.41) is 0. The molecular weight excluding hydrogens is 595 g/mol. The van der Waals surface area contributed by atoms with Gasteiger partial charge in [0.05, 0.1) is 0 Å². The predicted molar refractivity (Wildman–Crippen MR) is 28.8 cm³/mol.